The van der Waals surface area contributed by atoms with E-state index in [0.29, 0.717) is 11.4 Å². The Kier molecular flexibility index (Phi) is 5.58. The molecule has 2 aromatic carbocycles. The molecule has 0 aromatic heterocycles. The summed E-state index contributed by atoms with van der Waals surface area (Å²) < 4.78 is 0. The van der Waals surface area contributed by atoms with E-state index in [1.165, 1.54) is 6.92 Å². The quantitative estimate of drug-likeness (QED) is 0.658. The minimum absolute atomic E-state index is 0.352. The lowest BCUT2D eigenvalue weighted by molar-refractivity contribution is -0.126. The highest BCUT2D eigenvalue weighted by atomic mass is 16.2. The van der Waals surface area contributed by atoms with Gasteiger partial charge in [-0.05, 0) is 51.0 Å². The number of benzene rings is 2. The maximum atomic E-state index is 12.4. The summed E-state index contributed by atoms with van der Waals surface area (Å²) in [5.41, 5.74) is 4.29. The zero-order valence-electron chi connectivity index (χ0n) is 14.3. The van der Waals surface area contributed by atoms with Crippen molar-refractivity contribution in [1.82, 2.24) is 0 Å². The third-order valence-corrected chi connectivity index (χ3v) is 3.67. The molecule has 0 aliphatic carbocycles. The molecule has 1 amide bonds. The van der Waals surface area contributed by atoms with Crippen LogP contribution in [-0.2, 0) is 9.59 Å². The Morgan fingerprint density at radius 3 is 2.33 bits per heavy atom. The largest absolute Gasteiger partial charge is 0.324 e. The second-order valence-corrected chi connectivity index (χ2v) is 5.82. The first-order valence-electron chi connectivity index (χ1n) is 7.73. The number of anilines is 1. The molecule has 5 heteroatoms. The average molecular weight is 323 g/mol. The highest BCUT2D eigenvalue weighted by molar-refractivity contribution is 6.10. The number of hydrogen-bond acceptors (Lipinski definition) is 4. The number of carbonyl (C=O) groups excluding carboxylic acids is 2. The van der Waals surface area contributed by atoms with Gasteiger partial charge in [0.25, 0.3) is 5.91 Å². The Hall–Kier alpha value is -2.82. The topological polar surface area (TPSA) is 70.9 Å². The van der Waals surface area contributed by atoms with Crippen LogP contribution < -0.4 is 5.32 Å². The predicted octanol–water partition coefficient (Wildman–Crippen LogP) is 4.29. The number of Topliss-reactive ketones (excluding diaryl/α,β-unsaturated/α-hetero) is 1. The number of nitrogens with one attached hydrogen (secondary N) is 1. The molecule has 0 saturated heterocycles. The van der Waals surface area contributed by atoms with Gasteiger partial charge in [-0.1, -0.05) is 35.9 Å². The second-order valence-electron chi connectivity index (χ2n) is 5.82. The Morgan fingerprint density at radius 2 is 1.71 bits per heavy atom. The lowest BCUT2D eigenvalue weighted by atomic mass is 10.1. The highest BCUT2D eigenvalue weighted by Gasteiger charge is 2.23. The SMILES string of the molecule is CC(=O)C(N=Nc1ccc(C)cc1C)C(=O)Nc1ccccc1C. The number of aryl methyl sites for hydroxylation is 3. The summed E-state index contributed by atoms with van der Waals surface area (Å²) in [4.78, 5) is 24.2. The summed E-state index contributed by atoms with van der Waals surface area (Å²) in [5, 5.41) is 10.8. The van der Waals surface area contributed by atoms with Crippen LogP contribution in [0.25, 0.3) is 0 Å². The number of para-hydroxylation sites is 1. The molecule has 1 N–H and O–H groups in total. The summed E-state index contributed by atoms with van der Waals surface area (Å²) in [6, 6.07) is 11.9. The summed E-state index contributed by atoms with van der Waals surface area (Å²) in [7, 11) is 0. The fourth-order valence-electron chi connectivity index (χ4n) is 2.27. The normalized spacial score (nSPS) is 12.2. The van der Waals surface area contributed by atoms with Crippen molar-refractivity contribution in [3.8, 4) is 0 Å². The van der Waals surface area contributed by atoms with Crippen LogP contribution in [0.1, 0.15) is 23.6 Å². The van der Waals surface area contributed by atoms with Crippen LogP contribution in [0.15, 0.2) is 52.7 Å². The van der Waals surface area contributed by atoms with Crippen molar-refractivity contribution in [2.24, 2.45) is 10.2 Å². The first-order valence-corrected chi connectivity index (χ1v) is 7.73. The van der Waals surface area contributed by atoms with E-state index in [1.54, 1.807) is 6.07 Å². The van der Waals surface area contributed by atoms with E-state index in [4.69, 9.17) is 0 Å². The summed E-state index contributed by atoms with van der Waals surface area (Å²) >= 11 is 0. The van der Waals surface area contributed by atoms with Crippen LogP contribution in [-0.4, -0.2) is 17.7 Å². The van der Waals surface area contributed by atoms with Crippen LogP contribution in [0, 0.1) is 20.8 Å². The fourth-order valence-corrected chi connectivity index (χ4v) is 2.27. The number of hydrogen-bond donors (Lipinski definition) is 1. The smallest absolute Gasteiger partial charge is 0.258 e. The monoisotopic (exact) mass is 323 g/mol. The fraction of sp³-hybridized carbons (Fsp3) is 0.263. The lowest BCUT2D eigenvalue weighted by Crippen LogP contribution is -2.32. The van der Waals surface area contributed by atoms with Crippen molar-refractivity contribution in [2.75, 3.05) is 5.32 Å². The third kappa shape index (κ3) is 4.35. The molecule has 0 aliphatic heterocycles. The maximum absolute atomic E-state index is 12.4. The predicted molar refractivity (Wildman–Crippen MR) is 94.7 cm³/mol. The molecule has 5 nitrogen and oxygen atoms in total. The molecule has 2 aromatic rings. The molecule has 0 aliphatic rings. The van der Waals surface area contributed by atoms with Crippen LogP contribution in [0.3, 0.4) is 0 Å². The van der Waals surface area contributed by atoms with E-state index in [1.807, 2.05) is 57.2 Å². The van der Waals surface area contributed by atoms with Crippen LogP contribution in [0.5, 0.6) is 0 Å². The van der Waals surface area contributed by atoms with Gasteiger partial charge in [0.05, 0.1) is 5.69 Å². The number of rotatable bonds is 5. The zero-order chi connectivity index (χ0) is 17.7. The third-order valence-electron chi connectivity index (χ3n) is 3.67. The summed E-state index contributed by atoms with van der Waals surface area (Å²) in [6.45, 7) is 7.12. The van der Waals surface area contributed by atoms with Gasteiger partial charge in [-0.2, -0.15) is 10.2 Å². The van der Waals surface area contributed by atoms with E-state index >= 15 is 0 Å². The first kappa shape index (κ1) is 17.5. The van der Waals surface area contributed by atoms with Gasteiger partial charge >= 0.3 is 0 Å². The second kappa shape index (κ2) is 7.64. The van der Waals surface area contributed by atoms with E-state index in [-0.39, 0.29) is 5.78 Å². The molecule has 124 valence electrons. The molecule has 1 atom stereocenters. The van der Waals surface area contributed by atoms with Gasteiger partial charge in [0.1, 0.15) is 0 Å². The van der Waals surface area contributed by atoms with Crippen LogP contribution >= 0.6 is 0 Å². The zero-order valence-corrected chi connectivity index (χ0v) is 14.3. The molecule has 24 heavy (non-hydrogen) atoms. The van der Waals surface area contributed by atoms with Gasteiger partial charge in [0.15, 0.2) is 5.78 Å². The van der Waals surface area contributed by atoms with E-state index < -0.39 is 11.9 Å². The minimum Gasteiger partial charge on any atom is -0.324 e. The molecule has 2 rings (SSSR count). The van der Waals surface area contributed by atoms with Crippen molar-refractivity contribution < 1.29 is 9.59 Å². The van der Waals surface area contributed by atoms with E-state index in [0.717, 1.165) is 16.7 Å². The van der Waals surface area contributed by atoms with E-state index in [9.17, 15) is 9.59 Å². The Balaban J connectivity index is 2.20. The summed E-state index contributed by atoms with van der Waals surface area (Å²) in [6.07, 6.45) is 0. The molecule has 0 spiro atoms. The molecule has 0 heterocycles. The Labute approximate surface area is 141 Å². The minimum atomic E-state index is -1.16. The molecule has 0 radical (unpaired) electrons. The van der Waals surface area contributed by atoms with Gasteiger partial charge in [-0.3, -0.25) is 9.59 Å². The number of azo groups is 1. The molecule has 0 fully saturated rings. The van der Waals surface area contributed by atoms with Crippen molar-refractivity contribution in [2.45, 2.75) is 33.7 Å². The maximum Gasteiger partial charge on any atom is 0.258 e. The molecular formula is C19H21N3O2. The van der Waals surface area contributed by atoms with Crippen molar-refractivity contribution >= 4 is 23.1 Å². The van der Waals surface area contributed by atoms with Crippen molar-refractivity contribution in [3.63, 3.8) is 0 Å². The molecule has 0 saturated carbocycles. The molecule has 1 unspecified atom stereocenters. The van der Waals surface area contributed by atoms with E-state index in [2.05, 4.69) is 15.5 Å². The average Bonchev–Trinajstić information content (AvgIpc) is 2.51. The van der Waals surface area contributed by atoms with Crippen LogP contribution in [0.2, 0.25) is 0 Å². The van der Waals surface area contributed by atoms with Crippen molar-refractivity contribution in [1.29, 1.82) is 0 Å². The van der Waals surface area contributed by atoms with Crippen LogP contribution in [0.4, 0.5) is 11.4 Å². The Morgan fingerprint density at radius 1 is 1.00 bits per heavy atom. The van der Waals surface area contributed by atoms with Gasteiger partial charge in [-0.15, -0.1) is 0 Å². The van der Waals surface area contributed by atoms with Gasteiger partial charge < -0.3 is 5.32 Å². The number of nitrogens with zero attached hydrogens (tertiary/aromatic N) is 2. The number of ketones is 1. The lowest BCUT2D eigenvalue weighted by Gasteiger charge is -2.11. The number of amides is 1. The van der Waals surface area contributed by atoms with Gasteiger partial charge in [-0.25, -0.2) is 0 Å². The highest BCUT2D eigenvalue weighted by Crippen LogP contribution is 2.21. The first-order chi connectivity index (χ1) is 11.4. The molecular weight excluding hydrogens is 302 g/mol. The Bertz CT molecular complexity index is 797. The molecule has 0 bridgehead atoms. The number of carbonyl (C=O) groups is 2. The summed E-state index contributed by atoms with van der Waals surface area (Å²) in [5.74, 6) is -0.833. The van der Waals surface area contributed by atoms with Crippen molar-refractivity contribution in [3.05, 3.63) is 59.2 Å². The van der Waals surface area contributed by atoms with Gasteiger partial charge in [0, 0.05) is 5.69 Å². The van der Waals surface area contributed by atoms with Gasteiger partial charge in [0.2, 0.25) is 6.04 Å². The standard InChI is InChI=1S/C19H21N3O2/c1-12-9-10-17(14(3)11-12)21-22-18(15(4)23)19(24)20-16-8-6-5-7-13(16)2/h5-11,18H,1-4H3,(H,20,24).